The Bertz CT molecular complexity index is 995. The quantitative estimate of drug-likeness (QED) is 0.489. The van der Waals surface area contributed by atoms with Gasteiger partial charge >= 0.3 is 12.1 Å². The van der Waals surface area contributed by atoms with Crippen molar-refractivity contribution in [1.82, 2.24) is 15.0 Å². The third-order valence-corrected chi connectivity index (χ3v) is 3.93. The van der Waals surface area contributed by atoms with E-state index in [1.165, 1.54) is 24.1 Å². The third-order valence-electron chi connectivity index (χ3n) is 3.93. The Morgan fingerprint density at radius 2 is 1.89 bits per heavy atom. The van der Waals surface area contributed by atoms with E-state index in [1.54, 1.807) is 12.1 Å². The fraction of sp³-hybridized carbons (Fsp3) is 0.150. The molecule has 0 fully saturated rings. The highest BCUT2D eigenvalue weighted by Gasteiger charge is 2.30. The second kappa shape index (κ2) is 8.08. The standard InChI is InChI=1S/C20H16F3N3O2/c1-28-19(27)17(11-14-6-3-2-4-7-14)18-13-26(25-24-18)12-15-8-5-9-16(10-15)20(21,22)23/h2-11,13H,12H2,1H3. The molecule has 0 aliphatic heterocycles. The minimum atomic E-state index is -4.42. The zero-order valence-corrected chi connectivity index (χ0v) is 14.8. The van der Waals surface area contributed by atoms with Gasteiger partial charge in [0, 0.05) is 0 Å². The first-order valence-electron chi connectivity index (χ1n) is 8.28. The van der Waals surface area contributed by atoms with Crippen molar-refractivity contribution >= 4 is 17.6 Å². The molecule has 1 aromatic heterocycles. The Morgan fingerprint density at radius 3 is 2.57 bits per heavy atom. The van der Waals surface area contributed by atoms with Gasteiger partial charge in [0.25, 0.3) is 0 Å². The number of carbonyl (C=O) groups excluding carboxylic acids is 1. The molecule has 2 aromatic carbocycles. The highest BCUT2D eigenvalue weighted by atomic mass is 19.4. The summed E-state index contributed by atoms with van der Waals surface area (Å²) in [5.74, 6) is -0.588. The van der Waals surface area contributed by atoms with Gasteiger partial charge in [0.15, 0.2) is 0 Å². The van der Waals surface area contributed by atoms with Crippen LogP contribution >= 0.6 is 0 Å². The number of halogens is 3. The van der Waals surface area contributed by atoms with Crippen LogP contribution in [0.25, 0.3) is 11.6 Å². The number of nitrogens with zero attached hydrogens (tertiary/aromatic N) is 3. The number of alkyl halides is 3. The molecule has 144 valence electrons. The van der Waals surface area contributed by atoms with Crippen molar-refractivity contribution in [3.63, 3.8) is 0 Å². The van der Waals surface area contributed by atoms with Gasteiger partial charge in [-0.2, -0.15) is 13.2 Å². The molecular weight excluding hydrogens is 371 g/mol. The van der Waals surface area contributed by atoms with Crippen molar-refractivity contribution < 1.29 is 22.7 Å². The molecule has 0 N–H and O–H groups in total. The summed E-state index contributed by atoms with van der Waals surface area (Å²) in [6.45, 7) is 0.0801. The molecular formula is C20H16F3N3O2. The molecule has 3 aromatic rings. The summed E-state index contributed by atoms with van der Waals surface area (Å²) in [5.41, 5.74) is 0.921. The first-order chi connectivity index (χ1) is 13.4. The largest absolute Gasteiger partial charge is 0.465 e. The van der Waals surface area contributed by atoms with Crippen LogP contribution in [0, 0.1) is 0 Å². The molecule has 8 heteroatoms. The summed E-state index contributed by atoms with van der Waals surface area (Å²) in [6.07, 6.45) is -1.31. The highest BCUT2D eigenvalue weighted by molar-refractivity contribution is 6.20. The molecule has 0 aliphatic carbocycles. The van der Waals surface area contributed by atoms with Crippen LogP contribution in [-0.2, 0) is 22.3 Å². The van der Waals surface area contributed by atoms with E-state index < -0.39 is 17.7 Å². The number of aromatic nitrogens is 3. The lowest BCUT2D eigenvalue weighted by molar-refractivity contribution is -0.137. The van der Waals surface area contributed by atoms with Crippen molar-refractivity contribution in [3.8, 4) is 0 Å². The van der Waals surface area contributed by atoms with Crippen LogP contribution < -0.4 is 0 Å². The molecule has 0 radical (unpaired) electrons. The first-order valence-corrected chi connectivity index (χ1v) is 8.28. The average molecular weight is 387 g/mol. The SMILES string of the molecule is COC(=O)C(=Cc1ccccc1)c1cn(Cc2cccc(C(F)(F)F)c2)nn1. The predicted molar refractivity (Wildman–Crippen MR) is 96.9 cm³/mol. The molecule has 3 rings (SSSR count). The van der Waals surface area contributed by atoms with Crippen LogP contribution in [0.1, 0.15) is 22.4 Å². The van der Waals surface area contributed by atoms with Gasteiger partial charge in [0.05, 0.1) is 31.0 Å². The van der Waals surface area contributed by atoms with Crippen LogP contribution in [-0.4, -0.2) is 28.1 Å². The van der Waals surface area contributed by atoms with E-state index in [4.69, 9.17) is 4.74 Å². The zero-order chi connectivity index (χ0) is 20.1. The fourth-order valence-electron chi connectivity index (χ4n) is 2.60. The monoisotopic (exact) mass is 387 g/mol. The number of hydrogen-bond donors (Lipinski definition) is 0. The minimum Gasteiger partial charge on any atom is -0.465 e. The number of methoxy groups -OCH3 is 1. The Balaban J connectivity index is 1.87. The van der Waals surface area contributed by atoms with Crippen LogP contribution in [0.4, 0.5) is 13.2 Å². The van der Waals surface area contributed by atoms with Gasteiger partial charge in [-0.25, -0.2) is 9.48 Å². The molecule has 0 bridgehead atoms. The normalized spacial score (nSPS) is 12.1. The molecule has 0 aliphatic rings. The van der Waals surface area contributed by atoms with E-state index >= 15 is 0 Å². The molecule has 0 unspecified atom stereocenters. The summed E-state index contributed by atoms with van der Waals surface area (Å²) in [4.78, 5) is 12.1. The lowest BCUT2D eigenvalue weighted by Gasteiger charge is -2.08. The number of rotatable bonds is 5. The number of carbonyl (C=O) groups is 1. The van der Waals surface area contributed by atoms with Crippen molar-refractivity contribution in [1.29, 1.82) is 0 Å². The number of esters is 1. The van der Waals surface area contributed by atoms with E-state index in [2.05, 4.69) is 10.3 Å². The van der Waals surface area contributed by atoms with Crippen molar-refractivity contribution in [3.05, 3.63) is 83.2 Å². The molecule has 5 nitrogen and oxygen atoms in total. The van der Waals surface area contributed by atoms with E-state index in [1.807, 2.05) is 30.3 Å². The van der Waals surface area contributed by atoms with Gasteiger partial charge in [-0.1, -0.05) is 47.7 Å². The third kappa shape index (κ3) is 4.64. The lowest BCUT2D eigenvalue weighted by Crippen LogP contribution is -2.07. The average Bonchev–Trinajstić information content (AvgIpc) is 3.14. The van der Waals surface area contributed by atoms with Crippen molar-refractivity contribution in [2.75, 3.05) is 7.11 Å². The van der Waals surface area contributed by atoms with E-state index in [-0.39, 0.29) is 17.8 Å². The van der Waals surface area contributed by atoms with Crippen LogP contribution in [0.5, 0.6) is 0 Å². The maximum absolute atomic E-state index is 12.9. The zero-order valence-electron chi connectivity index (χ0n) is 14.8. The molecule has 0 spiro atoms. The van der Waals surface area contributed by atoms with E-state index in [9.17, 15) is 18.0 Å². The van der Waals surface area contributed by atoms with Crippen LogP contribution in [0.2, 0.25) is 0 Å². The van der Waals surface area contributed by atoms with Gasteiger partial charge in [0.2, 0.25) is 0 Å². The fourth-order valence-corrected chi connectivity index (χ4v) is 2.60. The summed E-state index contributed by atoms with van der Waals surface area (Å²) >= 11 is 0. The predicted octanol–water partition coefficient (Wildman–Crippen LogP) is 4.06. The van der Waals surface area contributed by atoms with Crippen LogP contribution in [0.3, 0.4) is 0 Å². The summed E-state index contributed by atoms with van der Waals surface area (Å²) in [6, 6.07) is 14.1. The maximum atomic E-state index is 12.9. The van der Waals surface area contributed by atoms with Gasteiger partial charge < -0.3 is 4.74 Å². The minimum absolute atomic E-state index is 0.0801. The number of hydrogen-bond acceptors (Lipinski definition) is 4. The molecule has 0 atom stereocenters. The highest BCUT2D eigenvalue weighted by Crippen LogP contribution is 2.29. The molecule has 28 heavy (non-hydrogen) atoms. The summed E-state index contributed by atoms with van der Waals surface area (Å²) in [7, 11) is 1.26. The number of benzene rings is 2. The molecule has 0 saturated carbocycles. The Hall–Kier alpha value is -3.42. The van der Waals surface area contributed by atoms with Crippen molar-refractivity contribution in [2.24, 2.45) is 0 Å². The van der Waals surface area contributed by atoms with Gasteiger partial charge in [-0.15, -0.1) is 5.10 Å². The van der Waals surface area contributed by atoms with Gasteiger partial charge in [0.1, 0.15) is 5.69 Å². The molecule has 1 heterocycles. The Labute approximate surface area is 159 Å². The molecule has 0 amide bonds. The number of ether oxygens (including phenoxy) is 1. The molecule has 0 saturated heterocycles. The maximum Gasteiger partial charge on any atom is 0.416 e. The smallest absolute Gasteiger partial charge is 0.416 e. The Kier molecular flexibility index (Phi) is 5.58. The second-order valence-corrected chi connectivity index (χ2v) is 5.96. The summed E-state index contributed by atoms with van der Waals surface area (Å²) in [5, 5.41) is 7.89. The van der Waals surface area contributed by atoms with E-state index in [0.717, 1.165) is 17.7 Å². The van der Waals surface area contributed by atoms with E-state index in [0.29, 0.717) is 5.56 Å². The first kappa shape index (κ1) is 19.3. The van der Waals surface area contributed by atoms with Gasteiger partial charge in [-0.3, -0.25) is 0 Å². The van der Waals surface area contributed by atoms with Crippen molar-refractivity contribution in [2.45, 2.75) is 12.7 Å². The van der Waals surface area contributed by atoms with Crippen LogP contribution in [0.15, 0.2) is 60.8 Å². The topological polar surface area (TPSA) is 57.0 Å². The van der Waals surface area contributed by atoms with Gasteiger partial charge in [-0.05, 0) is 29.3 Å². The Morgan fingerprint density at radius 1 is 1.14 bits per heavy atom. The lowest BCUT2D eigenvalue weighted by atomic mass is 10.1. The second-order valence-electron chi connectivity index (χ2n) is 5.96. The summed E-state index contributed by atoms with van der Waals surface area (Å²) < 4.78 is 44.8.